The van der Waals surface area contributed by atoms with Crippen molar-refractivity contribution in [1.82, 2.24) is 9.80 Å². The van der Waals surface area contributed by atoms with Gasteiger partial charge in [-0.15, -0.1) is 0 Å². The van der Waals surface area contributed by atoms with Crippen LogP contribution in [0.1, 0.15) is 11.1 Å². The summed E-state index contributed by atoms with van der Waals surface area (Å²) in [6.45, 7) is 4.32. The summed E-state index contributed by atoms with van der Waals surface area (Å²) in [5.74, 6) is 0.958. The molecule has 3 rings (SSSR count). The van der Waals surface area contributed by atoms with Crippen molar-refractivity contribution in [3.05, 3.63) is 71.8 Å². The number of rotatable bonds is 6. The van der Waals surface area contributed by atoms with Crippen molar-refractivity contribution in [2.24, 2.45) is 0 Å². The second-order valence-electron chi connectivity index (χ2n) is 6.48. The first kappa shape index (κ1) is 18.2. The minimum absolute atomic E-state index is 0.175. The molecule has 0 radical (unpaired) electrons. The van der Waals surface area contributed by atoms with Gasteiger partial charge in [-0.25, -0.2) is 0 Å². The molecule has 0 unspecified atom stereocenters. The largest absolute Gasteiger partial charge is 0.496 e. The topological polar surface area (TPSA) is 32.8 Å². The summed E-state index contributed by atoms with van der Waals surface area (Å²) in [4.78, 5) is 16.9. The van der Waals surface area contributed by atoms with Crippen LogP contribution in [0.4, 0.5) is 0 Å². The summed E-state index contributed by atoms with van der Waals surface area (Å²) in [5, 5.41) is 0. The van der Waals surface area contributed by atoms with E-state index in [-0.39, 0.29) is 5.91 Å². The third-order valence-electron chi connectivity index (χ3n) is 4.73. The van der Waals surface area contributed by atoms with Crippen LogP contribution < -0.4 is 4.74 Å². The standard InChI is InChI=1S/C22H26N2O2/c1-26-21-12-6-5-11-20(21)18-22(25)24-16-14-23(15-17-24)13-7-10-19-8-3-2-4-9-19/h2-12H,13-18H2,1H3. The number of methoxy groups -OCH3 is 1. The molecule has 0 saturated carbocycles. The Morgan fingerprint density at radius 2 is 1.69 bits per heavy atom. The SMILES string of the molecule is COc1ccccc1CC(=O)N1CCN(CC=Cc2ccccc2)CC1. The summed E-state index contributed by atoms with van der Waals surface area (Å²) in [5.41, 5.74) is 2.17. The average Bonchev–Trinajstić information content (AvgIpc) is 2.70. The maximum absolute atomic E-state index is 12.6. The molecule has 136 valence electrons. The molecule has 0 aliphatic carbocycles. The van der Waals surface area contributed by atoms with E-state index < -0.39 is 0 Å². The fourth-order valence-electron chi connectivity index (χ4n) is 3.21. The summed E-state index contributed by atoms with van der Waals surface area (Å²) >= 11 is 0. The van der Waals surface area contributed by atoms with Crippen molar-refractivity contribution in [3.63, 3.8) is 0 Å². The fraction of sp³-hybridized carbons (Fsp3) is 0.318. The molecule has 0 N–H and O–H groups in total. The Balaban J connectivity index is 1.46. The second kappa shape index (κ2) is 9.20. The van der Waals surface area contributed by atoms with Gasteiger partial charge in [0.1, 0.15) is 5.75 Å². The van der Waals surface area contributed by atoms with Gasteiger partial charge in [-0.2, -0.15) is 0 Å². The Morgan fingerprint density at radius 3 is 2.42 bits per heavy atom. The Morgan fingerprint density at radius 1 is 1.00 bits per heavy atom. The lowest BCUT2D eigenvalue weighted by Crippen LogP contribution is -2.49. The summed E-state index contributed by atoms with van der Waals surface area (Å²) in [7, 11) is 1.64. The number of carbonyl (C=O) groups excluding carboxylic acids is 1. The van der Waals surface area contributed by atoms with Crippen LogP contribution in [0.2, 0.25) is 0 Å². The van der Waals surface area contributed by atoms with Crippen molar-refractivity contribution in [1.29, 1.82) is 0 Å². The van der Waals surface area contributed by atoms with Crippen LogP contribution in [0.25, 0.3) is 6.08 Å². The quantitative estimate of drug-likeness (QED) is 0.803. The Labute approximate surface area is 155 Å². The molecule has 4 nitrogen and oxygen atoms in total. The van der Waals surface area contributed by atoms with E-state index in [2.05, 4.69) is 29.2 Å². The monoisotopic (exact) mass is 350 g/mol. The van der Waals surface area contributed by atoms with Crippen LogP contribution in [0.3, 0.4) is 0 Å². The molecule has 2 aromatic rings. The van der Waals surface area contributed by atoms with Gasteiger partial charge < -0.3 is 9.64 Å². The number of amides is 1. The Kier molecular flexibility index (Phi) is 6.45. The number of carbonyl (C=O) groups is 1. The normalized spacial score (nSPS) is 15.3. The smallest absolute Gasteiger partial charge is 0.227 e. The number of piperazine rings is 1. The van der Waals surface area contributed by atoms with Gasteiger partial charge in [-0.3, -0.25) is 9.69 Å². The van der Waals surface area contributed by atoms with E-state index >= 15 is 0 Å². The van der Waals surface area contributed by atoms with Gasteiger partial charge in [0.15, 0.2) is 0 Å². The minimum Gasteiger partial charge on any atom is -0.496 e. The summed E-state index contributed by atoms with van der Waals surface area (Å²) in [6, 6.07) is 18.1. The highest BCUT2D eigenvalue weighted by molar-refractivity contribution is 5.79. The van der Waals surface area contributed by atoms with Gasteiger partial charge in [-0.1, -0.05) is 60.7 Å². The number of benzene rings is 2. The zero-order valence-corrected chi connectivity index (χ0v) is 15.3. The highest BCUT2D eigenvalue weighted by atomic mass is 16.5. The van der Waals surface area contributed by atoms with Crippen LogP contribution in [-0.2, 0) is 11.2 Å². The third kappa shape index (κ3) is 4.96. The molecule has 0 spiro atoms. The summed E-state index contributed by atoms with van der Waals surface area (Å²) < 4.78 is 5.34. The zero-order chi connectivity index (χ0) is 18.2. The van der Waals surface area contributed by atoms with Crippen molar-refractivity contribution >= 4 is 12.0 Å². The molecule has 1 aliphatic rings. The van der Waals surface area contributed by atoms with Gasteiger partial charge in [0, 0.05) is 38.3 Å². The molecule has 0 bridgehead atoms. The molecule has 4 heteroatoms. The number of hydrogen-bond acceptors (Lipinski definition) is 3. The first-order chi connectivity index (χ1) is 12.8. The van der Waals surface area contributed by atoms with E-state index in [9.17, 15) is 4.79 Å². The van der Waals surface area contributed by atoms with Crippen LogP contribution in [-0.4, -0.2) is 55.5 Å². The molecule has 1 fully saturated rings. The van der Waals surface area contributed by atoms with Gasteiger partial charge in [0.2, 0.25) is 5.91 Å². The Hall–Kier alpha value is -2.59. The average molecular weight is 350 g/mol. The number of nitrogens with zero attached hydrogens (tertiary/aromatic N) is 2. The maximum atomic E-state index is 12.6. The predicted octanol–water partition coefficient (Wildman–Crippen LogP) is 3.10. The molecular formula is C22H26N2O2. The molecule has 0 atom stereocenters. The molecular weight excluding hydrogens is 324 g/mol. The molecule has 2 aromatic carbocycles. The molecule has 1 heterocycles. The summed E-state index contributed by atoms with van der Waals surface area (Å²) in [6.07, 6.45) is 4.75. The minimum atomic E-state index is 0.175. The van der Waals surface area contributed by atoms with Crippen LogP contribution >= 0.6 is 0 Å². The lowest BCUT2D eigenvalue weighted by atomic mass is 10.1. The number of ether oxygens (including phenoxy) is 1. The van der Waals surface area contributed by atoms with E-state index in [4.69, 9.17) is 4.74 Å². The number of para-hydroxylation sites is 1. The molecule has 0 aromatic heterocycles. The van der Waals surface area contributed by atoms with Gasteiger partial charge >= 0.3 is 0 Å². The van der Waals surface area contributed by atoms with E-state index in [1.165, 1.54) is 5.56 Å². The van der Waals surface area contributed by atoms with Gasteiger partial charge in [0.05, 0.1) is 13.5 Å². The van der Waals surface area contributed by atoms with Crippen molar-refractivity contribution < 1.29 is 9.53 Å². The molecule has 1 amide bonds. The number of hydrogen-bond donors (Lipinski definition) is 0. The van der Waals surface area contributed by atoms with E-state index in [1.807, 2.05) is 47.4 Å². The predicted molar refractivity (Wildman–Crippen MR) is 105 cm³/mol. The van der Waals surface area contributed by atoms with Crippen LogP contribution in [0.5, 0.6) is 5.75 Å². The van der Waals surface area contributed by atoms with Gasteiger partial charge in [0.25, 0.3) is 0 Å². The van der Waals surface area contributed by atoms with Crippen LogP contribution in [0.15, 0.2) is 60.7 Å². The first-order valence-electron chi connectivity index (χ1n) is 9.10. The highest BCUT2D eigenvalue weighted by Gasteiger charge is 2.21. The zero-order valence-electron chi connectivity index (χ0n) is 15.3. The van der Waals surface area contributed by atoms with Crippen molar-refractivity contribution in [2.45, 2.75) is 6.42 Å². The van der Waals surface area contributed by atoms with E-state index in [0.29, 0.717) is 6.42 Å². The van der Waals surface area contributed by atoms with E-state index in [1.54, 1.807) is 7.11 Å². The van der Waals surface area contributed by atoms with Crippen LogP contribution in [0, 0.1) is 0 Å². The second-order valence-corrected chi connectivity index (χ2v) is 6.48. The van der Waals surface area contributed by atoms with Crippen molar-refractivity contribution in [2.75, 3.05) is 39.8 Å². The highest BCUT2D eigenvalue weighted by Crippen LogP contribution is 2.19. The molecule has 1 aliphatic heterocycles. The molecule has 26 heavy (non-hydrogen) atoms. The maximum Gasteiger partial charge on any atom is 0.227 e. The Bertz CT molecular complexity index is 735. The lowest BCUT2D eigenvalue weighted by Gasteiger charge is -2.34. The van der Waals surface area contributed by atoms with Gasteiger partial charge in [-0.05, 0) is 11.6 Å². The third-order valence-corrected chi connectivity index (χ3v) is 4.73. The first-order valence-corrected chi connectivity index (χ1v) is 9.10. The lowest BCUT2D eigenvalue weighted by molar-refractivity contribution is -0.132. The van der Waals surface area contributed by atoms with Crippen molar-refractivity contribution in [3.8, 4) is 5.75 Å². The van der Waals surface area contributed by atoms with E-state index in [0.717, 1.165) is 44.0 Å². The molecule has 1 saturated heterocycles. The fourth-order valence-corrected chi connectivity index (χ4v) is 3.21.